The van der Waals surface area contributed by atoms with Gasteiger partial charge < -0.3 is 10.1 Å². The fourth-order valence-corrected chi connectivity index (χ4v) is 3.22. The first kappa shape index (κ1) is 16.6. The summed E-state index contributed by atoms with van der Waals surface area (Å²) in [5.74, 6) is 0.891. The molecule has 0 aromatic carbocycles. The average Bonchev–Trinajstić information content (AvgIpc) is 3.00. The number of pyridine rings is 1. The van der Waals surface area contributed by atoms with Crippen LogP contribution in [0.1, 0.15) is 55.2 Å². The standard InChI is InChI=1S/C18H24N4O2/c1-18(2)11-15(14-7-4-5-9-19-14)21-17-13(12-20-22(17)18)16(23)8-6-10-24-3/h4-5,7,9,12,15,21H,6,8,10-11H2,1-3H3. The molecule has 1 N–H and O–H groups in total. The van der Waals surface area contributed by atoms with E-state index >= 15 is 0 Å². The van der Waals surface area contributed by atoms with Crippen LogP contribution in [0.5, 0.6) is 0 Å². The van der Waals surface area contributed by atoms with Gasteiger partial charge in [0.25, 0.3) is 0 Å². The van der Waals surface area contributed by atoms with Crippen molar-refractivity contribution in [3.63, 3.8) is 0 Å². The molecular formula is C18H24N4O2. The third kappa shape index (κ3) is 3.19. The molecule has 128 valence electrons. The first-order valence-electron chi connectivity index (χ1n) is 8.31. The maximum Gasteiger partial charge on any atom is 0.168 e. The third-order valence-electron chi connectivity index (χ3n) is 4.45. The number of Topliss-reactive ketones (excluding diaryl/α,β-unsaturated/α-hetero) is 1. The summed E-state index contributed by atoms with van der Waals surface area (Å²) < 4.78 is 6.96. The Labute approximate surface area is 142 Å². The van der Waals surface area contributed by atoms with Gasteiger partial charge in [-0.25, -0.2) is 4.68 Å². The normalized spacial score (nSPS) is 18.7. The maximum atomic E-state index is 12.5. The molecule has 1 aliphatic heterocycles. The number of rotatable bonds is 6. The van der Waals surface area contributed by atoms with Crippen LogP contribution >= 0.6 is 0 Å². The molecule has 24 heavy (non-hydrogen) atoms. The first-order chi connectivity index (χ1) is 11.5. The Balaban J connectivity index is 1.88. The first-order valence-corrected chi connectivity index (χ1v) is 8.31. The fourth-order valence-electron chi connectivity index (χ4n) is 3.22. The number of fused-ring (bicyclic) bond motifs is 1. The summed E-state index contributed by atoms with van der Waals surface area (Å²) in [5, 5.41) is 7.94. The van der Waals surface area contributed by atoms with Crippen LogP contribution in [0.25, 0.3) is 0 Å². The number of nitrogens with one attached hydrogen (secondary N) is 1. The minimum Gasteiger partial charge on any atom is -0.385 e. The van der Waals surface area contributed by atoms with Gasteiger partial charge in [0, 0.05) is 26.3 Å². The lowest BCUT2D eigenvalue weighted by molar-refractivity contribution is 0.0963. The van der Waals surface area contributed by atoms with Gasteiger partial charge in [-0.15, -0.1) is 0 Å². The number of methoxy groups -OCH3 is 1. The second-order valence-corrected chi connectivity index (χ2v) is 6.81. The van der Waals surface area contributed by atoms with E-state index in [4.69, 9.17) is 4.74 Å². The second-order valence-electron chi connectivity index (χ2n) is 6.81. The van der Waals surface area contributed by atoms with Gasteiger partial charge in [-0.05, 0) is 38.8 Å². The number of ether oxygens (including phenoxy) is 1. The van der Waals surface area contributed by atoms with E-state index in [9.17, 15) is 4.79 Å². The zero-order chi connectivity index (χ0) is 17.2. The van der Waals surface area contributed by atoms with Crippen molar-refractivity contribution < 1.29 is 9.53 Å². The molecule has 1 atom stereocenters. The highest BCUT2D eigenvalue weighted by atomic mass is 16.5. The van der Waals surface area contributed by atoms with E-state index in [-0.39, 0.29) is 17.4 Å². The topological polar surface area (TPSA) is 69.0 Å². The lowest BCUT2D eigenvalue weighted by Gasteiger charge is -2.37. The van der Waals surface area contributed by atoms with Crippen LogP contribution in [0.3, 0.4) is 0 Å². The number of nitrogens with zero attached hydrogens (tertiary/aromatic N) is 3. The lowest BCUT2D eigenvalue weighted by atomic mass is 9.90. The highest BCUT2D eigenvalue weighted by molar-refractivity contribution is 6.00. The summed E-state index contributed by atoms with van der Waals surface area (Å²) in [6.07, 6.45) is 5.51. The highest BCUT2D eigenvalue weighted by Crippen LogP contribution is 2.39. The Morgan fingerprint density at radius 3 is 3.00 bits per heavy atom. The summed E-state index contributed by atoms with van der Waals surface area (Å²) in [4.78, 5) is 17.0. The Kier molecular flexibility index (Phi) is 4.66. The summed E-state index contributed by atoms with van der Waals surface area (Å²) in [6.45, 7) is 4.86. The minimum absolute atomic E-state index is 0.0657. The van der Waals surface area contributed by atoms with Crippen molar-refractivity contribution in [3.8, 4) is 0 Å². The summed E-state index contributed by atoms with van der Waals surface area (Å²) in [7, 11) is 1.65. The molecule has 0 radical (unpaired) electrons. The van der Waals surface area contributed by atoms with Crippen LogP contribution in [0.15, 0.2) is 30.6 Å². The molecule has 1 aliphatic rings. The van der Waals surface area contributed by atoms with Crippen molar-refractivity contribution in [2.75, 3.05) is 19.0 Å². The highest BCUT2D eigenvalue weighted by Gasteiger charge is 2.36. The van der Waals surface area contributed by atoms with E-state index in [0.29, 0.717) is 25.0 Å². The number of hydrogen-bond donors (Lipinski definition) is 1. The molecule has 2 aromatic heterocycles. The molecule has 1 unspecified atom stereocenters. The number of carbonyl (C=O) groups excluding carboxylic acids is 1. The van der Waals surface area contributed by atoms with Gasteiger partial charge in [-0.1, -0.05) is 6.07 Å². The Hall–Kier alpha value is -2.21. The molecule has 3 heterocycles. The number of hydrogen-bond acceptors (Lipinski definition) is 5. The SMILES string of the molecule is COCCCC(=O)c1cnn2c1NC(c1ccccn1)CC2(C)C. The molecular weight excluding hydrogens is 304 g/mol. The van der Waals surface area contributed by atoms with Crippen molar-refractivity contribution in [2.45, 2.75) is 44.7 Å². The van der Waals surface area contributed by atoms with Gasteiger partial charge in [0.2, 0.25) is 0 Å². The van der Waals surface area contributed by atoms with E-state index in [0.717, 1.165) is 17.9 Å². The predicted molar refractivity (Wildman–Crippen MR) is 92.2 cm³/mol. The summed E-state index contributed by atoms with van der Waals surface area (Å²) >= 11 is 0. The van der Waals surface area contributed by atoms with Crippen LogP contribution in [0, 0.1) is 0 Å². The van der Waals surface area contributed by atoms with Crippen LogP contribution in [0.4, 0.5) is 5.82 Å². The summed E-state index contributed by atoms with van der Waals surface area (Å²) in [5.41, 5.74) is 1.45. The van der Waals surface area contributed by atoms with Crippen molar-refractivity contribution in [1.29, 1.82) is 0 Å². The largest absolute Gasteiger partial charge is 0.385 e. The van der Waals surface area contributed by atoms with Gasteiger partial charge in [0.1, 0.15) is 5.82 Å². The number of anilines is 1. The predicted octanol–water partition coefficient (Wildman–Crippen LogP) is 3.18. The van der Waals surface area contributed by atoms with Gasteiger partial charge in [-0.3, -0.25) is 9.78 Å². The number of aromatic nitrogens is 3. The lowest BCUT2D eigenvalue weighted by Crippen LogP contribution is -2.38. The van der Waals surface area contributed by atoms with E-state index in [1.807, 2.05) is 22.9 Å². The average molecular weight is 328 g/mol. The van der Waals surface area contributed by atoms with Gasteiger partial charge in [0.15, 0.2) is 5.78 Å². The molecule has 0 saturated heterocycles. The quantitative estimate of drug-likeness (QED) is 0.651. The molecule has 0 aliphatic carbocycles. The minimum atomic E-state index is -0.187. The molecule has 6 heteroatoms. The molecule has 0 fully saturated rings. The molecule has 6 nitrogen and oxygen atoms in total. The van der Waals surface area contributed by atoms with E-state index in [2.05, 4.69) is 29.2 Å². The van der Waals surface area contributed by atoms with Gasteiger partial charge in [0.05, 0.1) is 29.0 Å². The fraction of sp³-hybridized carbons (Fsp3) is 0.500. The van der Waals surface area contributed by atoms with Gasteiger partial charge >= 0.3 is 0 Å². The van der Waals surface area contributed by atoms with Crippen LogP contribution in [0.2, 0.25) is 0 Å². The molecule has 0 spiro atoms. The van der Waals surface area contributed by atoms with Crippen LogP contribution in [-0.4, -0.2) is 34.3 Å². The van der Waals surface area contributed by atoms with Crippen LogP contribution < -0.4 is 5.32 Å². The zero-order valence-electron chi connectivity index (χ0n) is 14.5. The monoisotopic (exact) mass is 328 g/mol. The Morgan fingerprint density at radius 2 is 2.29 bits per heavy atom. The maximum absolute atomic E-state index is 12.5. The smallest absolute Gasteiger partial charge is 0.168 e. The van der Waals surface area contributed by atoms with E-state index in [1.165, 1.54) is 0 Å². The number of ketones is 1. The third-order valence-corrected chi connectivity index (χ3v) is 4.45. The Morgan fingerprint density at radius 1 is 1.46 bits per heavy atom. The van der Waals surface area contributed by atoms with Crippen molar-refractivity contribution >= 4 is 11.6 Å². The second kappa shape index (κ2) is 6.73. The zero-order valence-corrected chi connectivity index (χ0v) is 14.5. The number of carbonyl (C=O) groups is 1. The molecule has 3 rings (SSSR count). The Bertz CT molecular complexity index is 709. The molecule has 0 amide bonds. The van der Waals surface area contributed by atoms with Crippen molar-refractivity contribution in [3.05, 3.63) is 41.9 Å². The van der Waals surface area contributed by atoms with E-state index < -0.39 is 0 Å². The van der Waals surface area contributed by atoms with Crippen molar-refractivity contribution in [1.82, 2.24) is 14.8 Å². The summed E-state index contributed by atoms with van der Waals surface area (Å²) in [6, 6.07) is 5.97. The van der Waals surface area contributed by atoms with E-state index in [1.54, 1.807) is 19.5 Å². The van der Waals surface area contributed by atoms with Crippen LogP contribution in [-0.2, 0) is 10.3 Å². The molecule has 0 bridgehead atoms. The van der Waals surface area contributed by atoms with Gasteiger partial charge in [-0.2, -0.15) is 5.10 Å². The molecule has 2 aromatic rings. The molecule has 0 saturated carbocycles. The van der Waals surface area contributed by atoms with Crippen molar-refractivity contribution in [2.24, 2.45) is 0 Å².